The van der Waals surface area contributed by atoms with Crippen molar-refractivity contribution in [1.29, 1.82) is 0 Å². The van der Waals surface area contributed by atoms with Gasteiger partial charge in [0.2, 0.25) is 0 Å². The number of benzene rings is 1. The van der Waals surface area contributed by atoms with Crippen LogP contribution in [0.15, 0.2) is 30.6 Å². The number of nitrogens with one attached hydrogen (secondary N) is 1. The van der Waals surface area contributed by atoms with Crippen LogP contribution in [0.4, 0.5) is 4.39 Å². The molecule has 3 nitrogen and oxygen atoms in total. The van der Waals surface area contributed by atoms with Crippen molar-refractivity contribution in [3.8, 4) is 5.69 Å². The van der Waals surface area contributed by atoms with Gasteiger partial charge in [-0.05, 0) is 37.6 Å². The molecule has 0 fully saturated rings. The van der Waals surface area contributed by atoms with Gasteiger partial charge in [0.05, 0.1) is 5.69 Å². The van der Waals surface area contributed by atoms with Crippen molar-refractivity contribution in [3.63, 3.8) is 0 Å². The molecule has 0 saturated carbocycles. The maximum absolute atomic E-state index is 14.0. The fraction of sp³-hybridized carbons (Fsp3) is 0.357. The van der Waals surface area contributed by atoms with Crippen molar-refractivity contribution in [2.24, 2.45) is 0 Å². The first-order valence-corrected chi connectivity index (χ1v) is 6.22. The zero-order chi connectivity index (χ0) is 13.0. The average Bonchev–Trinajstić information content (AvgIpc) is 2.76. The smallest absolute Gasteiger partial charge is 0.147 e. The van der Waals surface area contributed by atoms with E-state index >= 15 is 0 Å². The Labute approximate surface area is 107 Å². The third kappa shape index (κ3) is 2.76. The number of aryl methyl sites for hydroxylation is 1. The van der Waals surface area contributed by atoms with E-state index in [1.165, 1.54) is 0 Å². The Morgan fingerprint density at radius 3 is 2.83 bits per heavy atom. The molecule has 2 aromatic rings. The molecule has 0 aliphatic heterocycles. The standard InChI is InChI=1S/C14H18FN3/c1-3-6-16-10-12-4-5-14(13(15)9-12)18-8-7-17-11(18)2/h4-5,7-9,16H,3,6,10H2,1-2H3. The van der Waals surface area contributed by atoms with E-state index in [4.69, 9.17) is 0 Å². The minimum atomic E-state index is -0.216. The highest BCUT2D eigenvalue weighted by Crippen LogP contribution is 2.16. The fourth-order valence-corrected chi connectivity index (χ4v) is 1.90. The second kappa shape index (κ2) is 5.78. The quantitative estimate of drug-likeness (QED) is 0.823. The lowest BCUT2D eigenvalue weighted by Crippen LogP contribution is -2.14. The van der Waals surface area contributed by atoms with Crippen LogP contribution in [-0.4, -0.2) is 16.1 Å². The van der Waals surface area contributed by atoms with Crippen LogP contribution in [0.1, 0.15) is 24.7 Å². The van der Waals surface area contributed by atoms with Gasteiger partial charge in [0.15, 0.2) is 0 Å². The minimum Gasteiger partial charge on any atom is -0.313 e. The molecule has 0 spiro atoms. The van der Waals surface area contributed by atoms with Crippen LogP contribution in [-0.2, 0) is 6.54 Å². The number of rotatable bonds is 5. The molecule has 2 rings (SSSR count). The molecule has 0 unspecified atom stereocenters. The van der Waals surface area contributed by atoms with Gasteiger partial charge in [-0.25, -0.2) is 9.37 Å². The maximum Gasteiger partial charge on any atom is 0.147 e. The first-order chi connectivity index (χ1) is 8.72. The van der Waals surface area contributed by atoms with E-state index in [1.807, 2.05) is 13.0 Å². The SMILES string of the molecule is CCCNCc1ccc(-n2ccnc2C)c(F)c1. The summed E-state index contributed by atoms with van der Waals surface area (Å²) in [4.78, 5) is 4.10. The molecule has 1 heterocycles. The van der Waals surface area contributed by atoms with Crippen LogP contribution >= 0.6 is 0 Å². The molecule has 4 heteroatoms. The van der Waals surface area contributed by atoms with Gasteiger partial charge >= 0.3 is 0 Å². The molecule has 0 atom stereocenters. The summed E-state index contributed by atoms with van der Waals surface area (Å²) in [5.41, 5.74) is 1.51. The Hall–Kier alpha value is -1.68. The normalized spacial score (nSPS) is 10.8. The van der Waals surface area contributed by atoms with Gasteiger partial charge in [-0.2, -0.15) is 0 Å². The topological polar surface area (TPSA) is 29.9 Å². The Balaban J connectivity index is 2.18. The van der Waals surface area contributed by atoms with Crippen LogP contribution in [0.5, 0.6) is 0 Å². The molecule has 0 aliphatic carbocycles. The van der Waals surface area contributed by atoms with Crippen molar-refractivity contribution in [2.45, 2.75) is 26.8 Å². The molecule has 1 aromatic heterocycles. The number of hydrogen-bond acceptors (Lipinski definition) is 2. The van der Waals surface area contributed by atoms with E-state index in [0.29, 0.717) is 12.2 Å². The third-order valence-electron chi connectivity index (χ3n) is 2.85. The highest BCUT2D eigenvalue weighted by Gasteiger charge is 2.07. The minimum absolute atomic E-state index is 0.216. The van der Waals surface area contributed by atoms with Gasteiger partial charge in [-0.1, -0.05) is 13.0 Å². The molecular formula is C14H18FN3. The number of imidazole rings is 1. The van der Waals surface area contributed by atoms with Crippen molar-refractivity contribution in [3.05, 3.63) is 47.8 Å². The third-order valence-corrected chi connectivity index (χ3v) is 2.85. The fourth-order valence-electron chi connectivity index (χ4n) is 1.90. The van der Waals surface area contributed by atoms with Gasteiger partial charge in [0.25, 0.3) is 0 Å². The predicted molar refractivity (Wildman–Crippen MR) is 70.3 cm³/mol. The number of halogens is 1. The van der Waals surface area contributed by atoms with E-state index in [-0.39, 0.29) is 5.82 Å². The monoisotopic (exact) mass is 247 g/mol. The Bertz CT molecular complexity index is 520. The number of aromatic nitrogens is 2. The summed E-state index contributed by atoms with van der Waals surface area (Å²) >= 11 is 0. The van der Waals surface area contributed by atoms with Gasteiger partial charge in [0, 0.05) is 18.9 Å². The highest BCUT2D eigenvalue weighted by molar-refractivity contribution is 5.37. The molecule has 0 radical (unpaired) electrons. The van der Waals surface area contributed by atoms with E-state index < -0.39 is 0 Å². The summed E-state index contributed by atoms with van der Waals surface area (Å²) < 4.78 is 15.8. The lowest BCUT2D eigenvalue weighted by atomic mass is 10.2. The number of nitrogens with zero attached hydrogens (tertiary/aromatic N) is 2. The summed E-state index contributed by atoms with van der Waals surface area (Å²) in [6, 6.07) is 5.32. The highest BCUT2D eigenvalue weighted by atomic mass is 19.1. The second-order valence-corrected chi connectivity index (χ2v) is 4.31. The predicted octanol–water partition coefficient (Wildman–Crippen LogP) is 2.82. The first-order valence-electron chi connectivity index (χ1n) is 6.22. The zero-order valence-corrected chi connectivity index (χ0v) is 10.8. The Morgan fingerprint density at radius 1 is 1.39 bits per heavy atom. The second-order valence-electron chi connectivity index (χ2n) is 4.31. The summed E-state index contributed by atoms with van der Waals surface area (Å²) in [6.45, 7) is 5.62. The Kier molecular flexibility index (Phi) is 4.10. The van der Waals surface area contributed by atoms with Crippen LogP contribution in [0.2, 0.25) is 0 Å². The lowest BCUT2D eigenvalue weighted by molar-refractivity contribution is 0.609. The van der Waals surface area contributed by atoms with Crippen molar-refractivity contribution in [1.82, 2.24) is 14.9 Å². The van der Waals surface area contributed by atoms with Gasteiger partial charge in [-0.15, -0.1) is 0 Å². The average molecular weight is 247 g/mol. The van der Waals surface area contributed by atoms with Crippen molar-refractivity contribution in [2.75, 3.05) is 6.54 Å². The Morgan fingerprint density at radius 2 is 2.22 bits per heavy atom. The van der Waals surface area contributed by atoms with Crippen LogP contribution in [0.3, 0.4) is 0 Å². The van der Waals surface area contributed by atoms with E-state index in [2.05, 4.69) is 17.2 Å². The molecular weight excluding hydrogens is 229 g/mol. The molecule has 0 saturated heterocycles. The summed E-state index contributed by atoms with van der Waals surface area (Å²) in [6.07, 6.45) is 4.52. The van der Waals surface area contributed by atoms with Crippen LogP contribution in [0, 0.1) is 12.7 Å². The van der Waals surface area contributed by atoms with Crippen LogP contribution < -0.4 is 5.32 Å². The lowest BCUT2D eigenvalue weighted by Gasteiger charge is -2.09. The summed E-state index contributed by atoms with van der Waals surface area (Å²) in [5, 5.41) is 3.26. The van der Waals surface area contributed by atoms with Gasteiger partial charge in [0.1, 0.15) is 11.6 Å². The van der Waals surface area contributed by atoms with E-state index in [9.17, 15) is 4.39 Å². The van der Waals surface area contributed by atoms with Gasteiger partial charge < -0.3 is 9.88 Å². The molecule has 0 bridgehead atoms. The van der Waals surface area contributed by atoms with Gasteiger partial charge in [-0.3, -0.25) is 0 Å². The first kappa shape index (κ1) is 12.8. The number of hydrogen-bond donors (Lipinski definition) is 1. The van der Waals surface area contributed by atoms with Crippen LogP contribution in [0.25, 0.3) is 5.69 Å². The molecule has 0 aliphatic rings. The van der Waals surface area contributed by atoms with Crippen molar-refractivity contribution >= 4 is 0 Å². The molecule has 0 amide bonds. The maximum atomic E-state index is 14.0. The van der Waals surface area contributed by atoms with E-state index in [0.717, 1.165) is 24.4 Å². The van der Waals surface area contributed by atoms with E-state index in [1.54, 1.807) is 29.1 Å². The zero-order valence-electron chi connectivity index (χ0n) is 10.8. The molecule has 1 aromatic carbocycles. The van der Waals surface area contributed by atoms with Crippen molar-refractivity contribution < 1.29 is 4.39 Å². The molecule has 1 N–H and O–H groups in total. The molecule has 18 heavy (non-hydrogen) atoms. The molecule has 96 valence electrons. The largest absolute Gasteiger partial charge is 0.313 e. The summed E-state index contributed by atoms with van der Waals surface area (Å²) in [5.74, 6) is 0.567. The summed E-state index contributed by atoms with van der Waals surface area (Å²) in [7, 11) is 0.